The number of nitrogens with zero attached hydrogens (tertiary/aromatic N) is 6. The molecule has 5 aromatic rings. The standard InChI is InChI=1S/C34H34F2N6O4/c1-19-13-24(14-20(2)30(19)36)42-31(29-27(38-42)16-23-7-6-8-28(29)41(23)33(44)46-34(3,4)5)40-12-11-39(32(40)43)22-9-10-25(26(35)15-22)21-17-37-45-18-21/h9-15,17-18,23,28H,6-8,16H2,1-5H3/t23-,28+/m1/s1. The molecular formula is C34H34F2N6O4. The molecule has 10 nitrogen and oxygen atoms in total. The largest absolute Gasteiger partial charge is 0.444 e. The van der Waals surface area contributed by atoms with Gasteiger partial charge in [0.15, 0.2) is 0 Å². The summed E-state index contributed by atoms with van der Waals surface area (Å²) in [6.07, 6.45) is 8.37. The molecule has 1 amide bonds. The monoisotopic (exact) mass is 628 g/mol. The predicted molar refractivity (Wildman–Crippen MR) is 166 cm³/mol. The summed E-state index contributed by atoms with van der Waals surface area (Å²) < 4.78 is 45.2. The van der Waals surface area contributed by atoms with Gasteiger partial charge in [0.25, 0.3) is 0 Å². The lowest BCUT2D eigenvalue weighted by atomic mass is 9.83. The minimum atomic E-state index is -0.686. The summed E-state index contributed by atoms with van der Waals surface area (Å²) in [5.41, 5.74) is 2.94. The molecule has 0 radical (unpaired) electrons. The highest BCUT2D eigenvalue weighted by Crippen LogP contribution is 2.45. The van der Waals surface area contributed by atoms with Gasteiger partial charge in [-0.15, -0.1) is 0 Å². The summed E-state index contributed by atoms with van der Waals surface area (Å²) in [6.45, 7) is 8.88. The third-order valence-electron chi connectivity index (χ3n) is 8.73. The molecule has 2 aliphatic heterocycles. The van der Waals surface area contributed by atoms with E-state index in [4.69, 9.17) is 14.4 Å². The van der Waals surface area contributed by atoms with Gasteiger partial charge in [-0.3, -0.25) is 14.0 Å². The molecule has 0 saturated carbocycles. The van der Waals surface area contributed by atoms with Crippen molar-refractivity contribution >= 4 is 6.09 Å². The minimum Gasteiger partial charge on any atom is -0.444 e. The van der Waals surface area contributed by atoms with Crippen molar-refractivity contribution in [1.29, 1.82) is 0 Å². The van der Waals surface area contributed by atoms with Crippen LogP contribution >= 0.6 is 0 Å². The summed E-state index contributed by atoms with van der Waals surface area (Å²) in [5.74, 6) is -0.403. The van der Waals surface area contributed by atoms with Crippen LogP contribution in [0.5, 0.6) is 0 Å². The molecule has 7 rings (SSSR count). The molecule has 0 unspecified atom stereocenters. The highest BCUT2D eigenvalue weighted by Gasteiger charge is 2.46. The van der Waals surface area contributed by atoms with Crippen molar-refractivity contribution in [2.75, 3.05) is 0 Å². The number of hydrogen-bond donors (Lipinski definition) is 0. The van der Waals surface area contributed by atoms with E-state index < -0.39 is 23.2 Å². The first-order valence-corrected chi connectivity index (χ1v) is 15.3. The maximum atomic E-state index is 15.2. The highest BCUT2D eigenvalue weighted by molar-refractivity contribution is 5.71. The van der Waals surface area contributed by atoms with Crippen molar-refractivity contribution < 1.29 is 22.8 Å². The molecule has 12 heteroatoms. The van der Waals surface area contributed by atoms with Crippen LogP contribution in [0.3, 0.4) is 0 Å². The molecule has 0 N–H and O–H groups in total. The third kappa shape index (κ3) is 4.92. The lowest BCUT2D eigenvalue weighted by molar-refractivity contribution is -0.00974. The van der Waals surface area contributed by atoms with Crippen molar-refractivity contribution in [2.45, 2.75) is 78.0 Å². The van der Waals surface area contributed by atoms with Gasteiger partial charge >= 0.3 is 11.8 Å². The molecule has 5 heterocycles. The number of carbonyl (C=O) groups is 1. The number of amides is 1. The van der Waals surface area contributed by atoms with E-state index >= 15 is 4.39 Å². The SMILES string of the molecule is Cc1cc(-n2nc3c(c2-n2ccn(-c4ccc(-c5cnoc5)c(F)c4)c2=O)[C@@H]2CCC[C@H](C3)N2C(=O)OC(C)(C)C)cc(C)c1F. The molecule has 2 atom stereocenters. The number of fused-ring (bicyclic) bond motifs is 4. The Kier molecular flexibility index (Phi) is 6.98. The van der Waals surface area contributed by atoms with Gasteiger partial charge in [-0.1, -0.05) is 5.16 Å². The number of halogens is 2. The Labute approximate surface area is 263 Å². The first-order valence-electron chi connectivity index (χ1n) is 15.3. The number of ether oxygens (including phenoxy) is 1. The van der Waals surface area contributed by atoms with Crippen molar-refractivity contribution in [3.8, 4) is 28.3 Å². The maximum Gasteiger partial charge on any atom is 0.411 e. The van der Waals surface area contributed by atoms with Crippen LogP contribution in [0.15, 0.2) is 64.5 Å². The molecular weight excluding hydrogens is 594 g/mol. The fraction of sp³-hybridized carbons (Fsp3) is 0.353. The number of imidazole rings is 1. The van der Waals surface area contributed by atoms with E-state index in [2.05, 4.69) is 5.16 Å². The van der Waals surface area contributed by atoms with Crippen molar-refractivity contribution in [1.82, 2.24) is 29.0 Å². The highest BCUT2D eigenvalue weighted by atomic mass is 19.1. The molecule has 2 aliphatic rings. The molecule has 3 aromatic heterocycles. The summed E-state index contributed by atoms with van der Waals surface area (Å²) in [4.78, 5) is 29.6. The topological polar surface area (TPSA) is 100 Å². The van der Waals surface area contributed by atoms with E-state index in [1.807, 2.05) is 20.8 Å². The van der Waals surface area contributed by atoms with E-state index in [-0.39, 0.29) is 17.9 Å². The van der Waals surface area contributed by atoms with Gasteiger partial charge in [0.1, 0.15) is 29.3 Å². The Bertz CT molecular complexity index is 2010. The van der Waals surface area contributed by atoms with E-state index in [9.17, 15) is 14.0 Å². The van der Waals surface area contributed by atoms with Gasteiger partial charge in [0.2, 0.25) is 0 Å². The smallest absolute Gasteiger partial charge is 0.411 e. The zero-order valence-electron chi connectivity index (χ0n) is 26.3. The molecule has 0 spiro atoms. The van der Waals surface area contributed by atoms with Crippen LogP contribution < -0.4 is 5.69 Å². The van der Waals surface area contributed by atoms with Crippen LogP contribution in [0.25, 0.3) is 28.3 Å². The molecule has 1 saturated heterocycles. The van der Waals surface area contributed by atoms with Crippen LogP contribution in [-0.4, -0.2) is 46.7 Å². The number of carbonyl (C=O) groups excluding carboxylic acids is 1. The maximum absolute atomic E-state index is 15.2. The average Bonchev–Trinajstić information content (AvgIpc) is 3.73. The second-order valence-corrected chi connectivity index (χ2v) is 13.1. The van der Waals surface area contributed by atoms with Gasteiger partial charge < -0.3 is 9.26 Å². The molecule has 46 heavy (non-hydrogen) atoms. The van der Waals surface area contributed by atoms with Crippen LogP contribution in [0.2, 0.25) is 0 Å². The molecule has 1 fully saturated rings. The second kappa shape index (κ2) is 10.8. The number of benzene rings is 2. The first-order chi connectivity index (χ1) is 21.9. The molecule has 0 aliphatic carbocycles. The summed E-state index contributed by atoms with van der Waals surface area (Å²) in [7, 11) is 0. The van der Waals surface area contributed by atoms with Crippen molar-refractivity contribution in [2.24, 2.45) is 0 Å². The lowest BCUT2D eigenvalue weighted by Gasteiger charge is -2.45. The van der Waals surface area contributed by atoms with Gasteiger partial charge in [-0.25, -0.2) is 23.1 Å². The Morgan fingerprint density at radius 2 is 1.76 bits per heavy atom. The van der Waals surface area contributed by atoms with Gasteiger partial charge in [-0.2, -0.15) is 5.10 Å². The Morgan fingerprint density at radius 1 is 1.02 bits per heavy atom. The van der Waals surface area contributed by atoms with Crippen molar-refractivity contribution in [3.05, 3.63) is 99.7 Å². The normalized spacial score (nSPS) is 17.7. The van der Waals surface area contributed by atoms with Crippen LogP contribution in [0.4, 0.5) is 13.6 Å². The zero-order valence-corrected chi connectivity index (χ0v) is 26.3. The summed E-state index contributed by atoms with van der Waals surface area (Å²) in [5, 5.41) is 8.65. The number of aromatic nitrogens is 5. The predicted octanol–water partition coefficient (Wildman–Crippen LogP) is 6.75. The van der Waals surface area contributed by atoms with Crippen LogP contribution in [0, 0.1) is 25.5 Å². The minimum absolute atomic E-state index is 0.109. The van der Waals surface area contributed by atoms with E-state index in [1.165, 1.54) is 27.7 Å². The fourth-order valence-electron chi connectivity index (χ4n) is 6.75. The van der Waals surface area contributed by atoms with Crippen LogP contribution in [-0.2, 0) is 11.2 Å². The first kappa shape index (κ1) is 29.7. The lowest BCUT2D eigenvalue weighted by Crippen LogP contribution is -2.51. The van der Waals surface area contributed by atoms with E-state index in [0.29, 0.717) is 52.3 Å². The van der Waals surface area contributed by atoms with Gasteiger partial charge in [0.05, 0.1) is 29.3 Å². The second-order valence-electron chi connectivity index (χ2n) is 13.1. The summed E-state index contributed by atoms with van der Waals surface area (Å²) in [6, 6.07) is 7.39. The Morgan fingerprint density at radius 3 is 2.43 bits per heavy atom. The zero-order chi connectivity index (χ0) is 32.5. The quantitative estimate of drug-likeness (QED) is 0.218. The van der Waals surface area contributed by atoms with Crippen molar-refractivity contribution in [3.63, 3.8) is 0 Å². The molecule has 238 valence electrons. The van der Waals surface area contributed by atoms with E-state index in [1.54, 1.807) is 60.1 Å². The summed E-state index contributed by atoms with van der Waals surface area (Å²) >= 11 is 0. The average molecular weight is 629 g/mol. The fourth-order valence-corrected chi connectivity index (χ4v) is 6.75. The Balaban J connectivity index is 1.40. The molecule has 2 aromatic carbocycles. The number of hydrogen-bond acceptors (Lipinski definition) is 6. The van der Waals surface area contributed by atoms with Crippen LogP contribution in [0.1, 0.15) is 68.5 Å². The Hall–Kier alpha value is -5.00. The third-order valence-corrected chi connectivity index (χ3v) is 8.73. The van der Waals surface area contributed by atoms with Gasteiger partial charge in [-0.05, 0) is 95.3 Å². The van der Waals surface area contributed by atoms with Gasteiger partial charge in [0, 0.05) is 41.5 Å². The number of piperidine rings is 1. The number of aryl methyl sites for hydroxylation is 2. The number of rotatable bonds is 4. The molecule has 2 bridgehead atoms. The van der Waals surface area contributed by atoms with E-state index in [0.717, 1.165) is 24.1 Å².